The Morgan fingerprint density at radius 2 is 2.19 bits per heavy atom. The summed E-state index contributed by atoms with van der Waals surface area (Å²) in [5.41, 5.74) is -0.573. The van der Waals surface area contributed by atoms with Crippen LogP contribution >= 0.6 is 0 Å². The zero-order chi connectivity index (χ0) is 12.3. The second-order valence-corrected chi connectivity index (χ2v) is 3.37. The van der Waals surface area contributed by atoms with Crippen molar-refractivity contribution in [3.05, 3.63) is 32.6 Å². The Hall–Kier alpha value is -1.85. The van der Waals surface area contributed by atoms with Crippen molar-refractivity contribution in [1.82, 2.24) is 9.55 Å². The summed E-state index contributed by atoms with van der Waals surface area (Å²) >= 11 is 0. The van der Waals surface area contributed by atoms with E-state index < -0.39 is 23.3 Å². The van der Waals surface area contributed by atoms with Crippen molar-refractivity contribution in [2.45, 2.75) is 26.3 Å². The fourth-order valence-electron chi connectivity index (χ4n) is 1.35. The minimum absolute atomic E-state index is 0.416. The second-order valence-electron chi connectivity index (χ2n) is 3.37. The SMILES string of the molecule is CCc1cn(C(C)C(=O)OC)c(=O)[nH]c1=O. The number of aryl methyl sites for hydroxylation is 1. The van der Waals surface area contributed by atoms with Crippen LogP contribution in [0, 0.1) is 0 Å². The minimum Gasteiger partial charge on any atom is -0.467 e. The van der Waals surface area contributed by atoms with Crippen LogP contribution in [0.25, 0.3) is 0 Å². The zero-order valence-electron chi connectivity index (χ0n) is 9.44. The average Bonchev–Trinajstić information content (AvgIpc) is 2.27. The molecule has 1 aromatic rings. The summed E-state index contributed by atoms with van der Waals surface area (Å²) in [5.74, 6) is -0.531. The van der Waals surface area contributed by atoms with E-state index in [2.05, 4.69) is 9.72 Å². The fraction of sp³-hybridized carbons (Fsp3) is 0.500. The molecule has 0 aliphatic rings. The summed E-state index contributed by atoms with van der Waals surface area (Å²) in [6, 6.07) is -0.750. The van der Waals surface area contributed by atoms with Gasteiger partial charge >= 0.3 is 11.7 Å². The molecule has 1 aromatic heterocycles. The number of hydrogen-bond donors (Lipinski definition) is 1. The molecule has 0 bridgehead atoms. The molecule has 6 nitrogen and oxygen atoms in total. The van der Waals surface area contributed by atoms with E-state index in [9.17, 15) is 14.4 Å². The minimum atomic E-state index is -0.750. The lowest BCUT2D eigenvalue weighted by Gasteiger charge is -2.12. The molecule has 1 rings (SSSR count). The van der Waals surface area contributed by atoms with Gasteiger partial charge in [0.15, 0.2) is 0 Å². The van der Waals surface area contributed by atoms with Crippen molar-refractivity contribution in [2.24, 2.45) is 0 Å². The number of methoxy groups -OCH3 is 1. The van der Waals surface area contributed by atoms with Gasteiger partial charge in [0.2, 0.25) is 0 Å². The molecule has 88 valence electrons. The quantitative estimate of drug-likeness (QED) is 0.726. The van der Waals surface area contributed by atoms with E-state index >= 15 is 0 Å². The van der Waals surface area contributed by atoms with Crippen LogP contribution in [-0.4, -0.2) is 22.6 Å². The molecular formula is C10H14N2O4. The van der Waals surface area contributed by atoms with Crippen LogP contribution in [0.4, 0.5) is 0 Å². The maximum atomic E-state index is 11.5. The van der Waals surface area contributed by atoms with Crippen LogP contribution in [0.5, 0.6) is 0 Å². The van der Waals surface area contributed by atoms with Crippen LogP contribution in [0.15, 0.2) is 15.8 Å². The molecule has 0 fully saturated rings. The molecule has 1 heterocycles. The van der Waals surface area contributed by atoms with Gasteiger partial charge in [0.05, 0.1) is 7.11 Å². The molecule has 1 unspecified atom stereocenters. The maximum Gasteiger partial charge on any atom is 0.329 e. The van der Waals surface area contributed by atoms with Crippen molar-refractivity contribution in [2.75, 3.05) is 7.11 Å². The van der Waals surface area contributed by atoms with Crippen molar-refractivity contribution in [3.8, 4) is 0 Å². The molecule has 6 heteroatoms. The molecule has 16 heavy (non-hydrogen) atoms. The van der Waals surface area contributed by atoms with Gasteiger partial charge in [-0.2, -0.15) is 0 Å². The van der Waals surface area contributed by atoms with Gasteiger partial charge in [-0.1, -0.05) is 6.92 Å². The molecule has 0 aliphatic heterocycles. The smallest absolute Gasteiger partial charge is 0.329 e. The van der Waals surface area contributed by atoms with Gasteiger partial charge in [-0.3, -0.25) is 14.3 Å². The zero-order valence-corrected chi connectivity index (χ0v) is 9.44. The number of carbonyl (C=O) groups is 1. The highest BCUT2D eigenvalue weighted by Gasteiger charge is 2.17. The predicted molar refractivity (Wildman–Crippen MR) is 57.4 cm³/mol. The van der Waals surface area contributed by atoms with E-state index in [-0.39, 0.29) is 0 Å². The lowest BCUT2D eigenvalue weighted by molar-refractivity contribution is -0.144. The third-order valence-corrected chi connectivity index (χ3v) is 2.38. The van der Waals surface area contributed by atoms with Gasteiger partial charge in [-0.15, -0.1) is 0 Å². The number of carbonyl (C=O) groups excluding carboxylic acids is 1. The number of nitrogens with zero attached hydrogens (tertiary/aromatic N) is 1. The van der Waals surface area contributed by atoms with Gasteiger partial charge in [0.25, 0.3) is 5.56 Å². The molecule has 1 atom stereocenters. The molecule has 0 spiro atoms. The van der Waals surface area contributed by atoms with E-state index in [1.165, 1.54) is 20.2 Å². The molecule has 0 saturated carbocycles. The highest BCUT2D eigenvalue weighted by Crippen LogP contribution is 2.03. The Bertz CT molecular complexity index is 500. The number of hydrogen-bond acceptors (Lipinski definition) is 4. The number of esters is 1. The predicted octanol–water partition coefficient (Wildman–Crippen LogP) is -0.167. The topological polar surface area (TPSA) is 81.2 Å². The van der Waals surface area contributed by atoms with E-state index in [4.69, 9.17) is 0 Å². The first kappa shape index (κ1) is 12.2. The first-order valence-electron chi connectivity index (χ1n) is 4.93. The van der Waals surface area contributed by atoms with Gasteiger partial charge in [-0.25, -0.2) is 9.59 Å². The molecule has 0 amide bonds. The van der Waals surface area contributed by atoms with Crippen molar-refractivity contribution in [3.63, 3.8) is 0 Å². The summed E-state index contributed by atoms with van der Waals surface area (Å²) in [7, 11) is 1.25. The van der Waals surface area contributed by atoms with Crippen LogP contribution in [-0.2, 0) is 16.0 Å². The Balaban J connectivity index is 3.29. The van der Waals surface area contributed by atoms with E-state index in [1.807, 2.05) is 0 Å². The van der Waals surface area contributed by atoms with E-state index in [1.54, 1.807) is 6.92 Å². The molecule has 1 N–H and O–H groups in total. The van der Waals surface area contributed by atoms with Crippen molar-refractivity contribution < 1.29 is 9.53 Å². The summed E-state index contributed by atoms with van der Waals surface area (Å²) in [6.45, 7) is 3.33. The normalized spacial score (nSPS) is 12.2. The molecular weight excluding hydrogens is 212 g/mol. The lowest BCUT2D eigenvalue weighted by atomic mass is 10.2. The largest absolute Gasteiger partial charge is 0.467 e. The first-order chi connectivity index (χ1) is 7.51. The van der Waals surface area contributed by atoms with Gasteiger partial charge in [-0.05, 0) is 13.3 Å². The molecule has 0 aromatic carbocycles. The Labute approximate surface area is 91.9 Å². The third kappa shape index (κ3) is 2.21. The van der Waals surface area contributed by atoms with Crippen molar-refractivity contribution >= 4 is 5.97 Å². The standard InChI is InChI=1S/C10H14N2O4/c1-4-7-5-12(6(2)9(14)16-3)10(15)11-8(7)13/h5-6H,4H2,1-3H3,(H,11,13,15). The first-order valence-corrected chi connectivity index (χ1v) is 4.93. The third-order valence-electron chi connectivity index (χ3n) is 2.38. The van der Waals surface area contributed by atoms with E-state index in [0.717, 1.165) is 4.57 Å². The summed E-state index contributed by atoms with van der Waals surface area (Å²) in [4.78, 5) is 36.2. The lowest BCUT2D eigenvalue weighted by Crippen LogP contribution is -2.35. The summed E-state index contributed by atoms with van der Waals surface area (Å²) < 4.78 is 5.69. The van der Waals surface area contributed by atoms with Gasteiger partial charge < -0.3 is 4.74 Å². The molecule has 0 saturated heterocycles. The number of ether oxygens (including phenoxy) is 1. The van der Waals surface area contributed by atoms with Crippen LogP contribution in [0.2, 0.25) is 0 Å². The average molecular weight is 226 g/mol. The highest BCUT2D eigenvalue weighted by molar-refractivity contribution is 5.73. The Morgan fingerprint density at radius 1 is 1.56 bits per heavy atom. The van der Waals surface area contributed by atoms with Crippen LogP contribution < -0.4 is 11.2 Å². The molecule has 0 aliphatic carbocycles. The van der Waals surface area contributed by atoms with Gasteiger partial charge in [0.1, 0.15) is 6.04 Å². The highest BCUT2D eigenvalue weighted by atomic mass is 16.5. The van der Waals surface area contributed by atoms with Crippen LogP contribution in [0.3, 0.4) is 0 Å². The van der Waals surface area contributed by atoms with Crippen LogP contribution in [0.1, 0.15) is 25.5 Å². The maximum absolute atomic E-state index is 11.5. The van der Waals surface area contributed by atoms with Crippen molar-refractivity contribution in [1.29, 1.82) is 0 Å². The van der Waals surface area contributed by atoms with Gasteiger partial charge in [0, 0.05) is 11.8 Å². The number of nitrogens with one attached hydrogen (secondary N) is 1. The summed E-state index contributed by atoms with van der Waals surface area (Å²) in [6.07, 6.45) is 1.88. The second kappa shape index (κ2) is 4.78. The van der Waals surface area contributed by atoms with E-state index in [0.29, 0.717) is 12.0 Å². The number of H-pyrrole nitrogens is 1. The number of rotatable bonds is 3. The number of aromatic nitrogens is 2. The summed E-state index contributed by atoms with van der Waals surface area (Å²) in [5, 5.41) is 0. The Kier molecular flexibility index (Phi) is 3.65. The fourth-order valence-corrected chi connectivity index (χ4v) is 1.35. The molecule has 0 radical (unpaired) electrons. The monoisotopic (exact) mass is 226 g/mol. The Morgan fingerprint density at radius 3 is 2.69 bits per heavy atom. The number of aromatic amines is 1.